The fourth-order valence-electron chi connectivity index (χ4n) is 3.74. The van der Waals surface area contributed by atoms with E-state index >= 15 is 0 Å². The van der Waals surface area contributed by atoms with Gasteiger partial charge in [0, 0.05) is 18.4 Å². The number of rotatable bonds is 5. The summed E-state index contributed by atoms with van der Waals surface area (Å²) in [6.07, 6.45) is 6.44. The molecule has 0 aliphatic heterocycles. The van der Waals surface area contributed by atoms with Crippen molar-refractivity contribution in [1.29, 1.82) is 0 Å². The average Bonchev–Trinajstić information content (AvgIpc) is 3.34. The van der Waals surface area contributed by atoms with Crippen LogP contribution in [0.3, 0.4) is 0 Å². The van der Waals surface area contributed by atoms with Crippen LogP contribution in [-0.2, 0) is 20.7 Å². The third-order valence-electron chi connectivity index (χ3n) is 5.48. The highest BCUT2D eigenvalue weighted by Gasteiger charge is 2.32. The van der Waals surface area contributed by atoms with Gasteiger partial charge in [-0.15, -0.1) is 0 Å². The summed E-state index contributed by atoms with van der Waals surface area (Å²) in [6.45, 7) is 0.803. The van der Waals surface area contributed by atoms with Crippen molar-refractivity contribution in [2.45, 2.75) is 57.5 Å². The van der Waals surface area contributed by atoms with E-state index < -0.39 is 0 Å². The summed E-state index contributed by atoms with van der Waals surface area (Å²) in [6, 6.07) is 6.07. The molecular weight excluding hydrogens is 304 g/mol. The maximum Gasteiger partial charge on any atom is 0.309 e. The Hall–Kier alpha value is -1.84. The van der Waals surface area contributed by atoms with Gasteiger partial charge in [0.1, 0.15) is 17.6 Å². The number of fused-ring (bicyclic) bond motifs is 1. The SMILES string of the molecule is O=C1CCC(C(=O)OC2CCc3c(OCC4CC4)cccc32)CC1. The van der Waals surface area contributed by atoms with Crippen LogP contribution < -0.4 is 4.74 Å². The number of esters is 1. The van der Waals surface area contributed by atoms with E-state index in [1.54, 1.807) is 0 Å². The van der Waals surface area contributed by atoms with Crippen LogP contribution in [-0.4, -0.2) is 18.4 Å². The molecular formula is C20H24O4. The number of carbonyl (C=O) groups is 2. The summed E-state index contributed by atoms with van der Waals surface area (Å²) in [5, 5.41) is 0. The molecule has 4 nitrogen and oxygen atoms in total. The zero-order valence-electron chi connectivity index (χ0n) is 14.0. The van der Waals surface area contributed by atoms with E-state index in [4.69, 9.17) is 9.47 Å². The number of ether oxygens (including phenoxy) is 2. The predicted octanol–water partition coefficient (Wildman–Crippen LogP) is 3.77. The predicted molar refractivity (Wildman–Crippen MR) is 88.8 cm³/mol. The summed E-state index contributed by atoms with van der Waals surface area (Å²) < 4.78 is 11.8. The third kappa shape index (κ3) is 3.33. The van der Waals surface area contributed by atoms with Gasteiger partial charge in [0.05, 0.1) is 12.5 Å². The van der Waals surface area contributed by atoms with Crippen molar-refractivity contribution >= 4 is 11.8 Å². The van der Waals surface area contributed by atoms with Gasteiger partial charge in [-0.1, -0.05) is 12.1 Å². The normalized spacial score (nSPS) is 23.8. The smallest absolute Gasteiger partial charge is 0.309 e. The molecule has 0 spiro atoms. The summed E-state index contributed by atoms with van der Waals surface area (Å²) in [5.74, 6) is 1.71. The summed E-state index contributed by atoms with van der Waals surface area (Å²) in [5.41, 5.74) is 2.30. The van der Waals surface area contributed by atoms with Crippen molar-refractivity contribution in [2.24, 2.45) is 11.8 Å². The zero-order chi connectivity index (χ0) is 16.5. The lowest BCUT2D eigenvalue weighted by molar-refractivity contribution is -0.155. The Kier molecular flexibility index (Phi) is 4.30. The number of benzene rings is 1. The number of hydrogen-bond acceptors (Lipinski definition) is 4. The lowest BCUT2D eigenvalue weighted by Crippen LogP contribution is -2.24. The molecule has 1 atom stereocenters. The third-order valence-corrected chi connectivity index (χ3v) is 5.48. The monoisotopic (exact) mass is 328 g/mol. The highest BCUT2D eigenvalue weighted by molar-refractivity contribution is 5.82. The van der Waals surface area contributed by atoms with Gasteiger partial charge >= 0.3 is 5.97 Å². The molecule has 0 N–H and O–H groups in total. The minimum absolute atomic E-state index is 0.110. The zero-order valence-corrected chi connectivity index (χ0v) is 14.0. The Bertz CT molecular complexity index is 637. The molecule has 0 saturated heterocycles. The van der Waals surface area contributed by atoms with E-state index in [1.807, 2.05) is 12.1 Å². The summed E-state index contributed by atoms with van der Waals surface area (Å²) in [7, 11) is 0. The molecule has 3 aliphatic rings. The van der Waals surface area contributed by atoms with E-state index in [1.165, 1.54) is 18.4 Å². The minimum Gasteiger partial charge on any atom is -0.493 e. The molecule has 128 valence electrons. The van der Waals surface area contributed by atoms with Crippen molar-refractivity contribution in [3.8, 4) is 5.75 Å². The van der Waals surface area contributed by atoms with Crippen LogP contribution in [0.2, 0.25) is 0 Å². The molecule has 0 radical (unpaired) electrons. The number of ketones is 1. The van der Waals surface area contributed by atoms with Gasteiger partial charge in [-0.05, 0) is 56.1 Å². The second kappa shape index (κ2) is 6.58. The Balaban J connectivity index is 1.40. The summed E-state index contributed by atoms with van der Waals surface area (Å²) in [4.78, 5) is 23.7. The largest absolute Gasteiger partial charge is 0.493 e. The van der Waals surface area contributed by atoms with Gasteiger partial charge in [-0.25, -0.2) is 0 Å². The Morgan fingerprint density at radius 1 is 1.04 bits per heavy atom. The quantitative estimate of drug-likeness (QED) is 0.772. The van der Waals surface area contributed by atoms with Gasteiger partial charge < -0.3 is 9.47 Å². The van der Waals surface area contributed by atoms with Crippen molar-refractivity contribution in [1.82, 2.24) is 0 Å². The first-order valence-electron chi connectivity index (χ1n) is 9.17. The van der Waals surface area contributed by atoms with Crippen molar-refractivity contribution in [2.75, 3.05) is 6.61 Å². The molecule has 0 bridgehead atoms. The number of Topliss-reactive ketones (excluding diaryl/α,β-unsaturated/α-hetero) is 1. The van der Waals surface area contributed by atoms with Crippen LogP contribution in [0.5, 0.6) is 5.75 Å². The Labute approximate surface area is 142 Å². The molecule has 0 aromatic heterocycles. The topological polar surface area (TPSA) is 52.6 Å². The van der Waals surface area contributed by atoms with Gasteiger partial charge in [-0.3, -0.25) is 9.59 Å². The van der Waals surface area contributed by atoms with E-state index in [-0.39, 0.29) is 23.8 Å². The van der Waals surface area contributed by atoms with Crippen molar-refractivity contribution in [3.05, 3.63) is 29.3 Å². The average molecular weight is 328 g/mol. The lowest BCUT2D eigenvalue weighted by atomic mass is 9.88. The van der Waals surface area contributed by atoms with Crippen LogP contribution in [0.15, 0.2) is 18.2 Å². The van der Waals surface area contributed by atoms with E-state index in [0.29, 0.717) is 25.7 Å². The molecule has 2 fully saturated rings. The molecule has 4 rings (SSSR count). The highest BCUT2D eigenvalue weighted by atomic mass is 16.5. The Morgan fingerprint density at radius 2 is 1.83 bits per heavy atom. The van der Waals surface area contributed by atoms with Crippen molar-refractivity contribution in [3.63, 3.8) is 0 Å². The van der Waals surface area contributed by atoms with Crippen molar-refractivity contribution < 1.29 is 19.1 Å². The fraction of sp³-hybridized carbons (Fsp3) is 0.600. The molecule has 1 aromatic rings. The minimum atomic E-state index is -0.158. The lowest BCUT2D eigenvalue weighted by Gasteiger charge is -2.22. The summed E-state index contributed by atoms with van der Waals surface area (Å²) >= 11 is 0. The maximum atomic E-state index is 12.4. The van der Waals surface area contributed by atoms with Gasteiger partial charge in [0.2, 0.25) is 0 Å². The van der Waals surface area contributed by atoms with Gasteiger partial charge in [0.15, 0.2) is 0 Å². The van der Waals surface area contributed by atoms with Crippen LogP contribution in [0.4, 0.5) is 0 Å². The first kappa shape index (κ1) is 15.7. The van der Waals surface area contributed by atoms with Crippen LogP contribution in [0.25, 0.3) is 0 Å². The molecule has 2 saturated carbocycles. The molecule has 1 aromatic carbocycles. The standard InChI is InChI=1S/C20H24O4/c21-15-8-6-14(7-9-15)20(22)24-19-11-10-17-16(19)2-1-3-18(17)23-12-13-4-5-13/h1-3,13-14,19H,4-12H2. The second-order valence-electron chi connectivity index (χ2n) is 7.36. The second-order valence-corrected chi connectivity index (χ2v) is 7.36. The first-order chi connectivity index (χ1) is 11.7. The first-order valence-corrected chi connectivity index (χ1v) is 9.17. The molecule has 1 unspecified atom stereocenters. The van der Waals surface area contributed by atoms with E-state index in [2.05, 4.69) is 6.07 Å². The van der Waals surface area contributed by atoms with Gasteiger partial charge in [0.25, 0.3) is 0 Å². The van der Waals surface area contributed by atoms with E-state index in [0.717, 1.165) is 36.7 Å². The Morgan fingerprint density at radius 3 is 2.58 bits per heavy atom. The van der Waals surface area contributed by atoms with E-state index in [9.17, 15) is 9.59 Å². The molecule has 4 heteroatoms. The fourth-order valence-corrected chi connectivity index (χ4v) is 3.74. The molecule has 0 heterocycles. The highest BCUT2D eigenvalue weighted by Crippen LogP contribution is 2.40. The number of hydrogen-bond donors (Lipinski definition) is 0. The maximum absolute atomic E-state index is 12.4. The van der Waals surface area contributed by atoms with Crippen LogP contribution >= 0.6 is 0 Å². The molecule has 0 amide bonds. The van der Waals surface area contributed by atoms with Crippen LogP contribution in [0.1, 0.15) is 62.2 Å². The molecule has 24 heavy (non-hydrogen) atoms. The number of carbonyl (C=O) groups excluding carboxylic acids is 2. The molecule has 3 aliphatic carbocycles. The van der Waals surface area contributed by atoms with Gasteiger partial charge in [-0.2, -0.15) is 0 Å². The van der Waals surface area contributed by atoms with Crippen LogP contribution in [0, 0.1) is 11.8 Å².